The van der Waals surface area contributed by atoms with Crippen molar-refractivity contribution in [3.63, 3.8) is 0 Å². The van der Waals surface area contributed by atoms with E-state index in [0.717, 1.165) is 35.9 Å². The first-order valence-corrected chi connectivity index (χ1v) is 9.69. The first-order chi connectivity index (χ1) is 12.5. The number of aromatic nitrogens is 1. The van der Waals surface area contributed by atoms with Crippen molar-refractivity contribution in [2.75, 3.05) is 26.2 Å². The van der Waals surface area contributed by atoms with Crippen molar-refractivity contribution in [3.05, 3.63) is 41.4 Å². The summed E-state index contributed by atoms with van der Waals surface area (Å²) < 4.78 is 0. The van der Waals surface area contributed by atoms with Gasteiger partial charge in [0.05, 0.1) is 5.69 Å². The van der Waals surface area contributed by atoms with Gasteiger partial charge in [-0.25, -0.2) is 4.98 Å². The number of thiazole rings is 1. The van der Waals surface area contributed by atoms with Crippen LogP contribution in [0.4, 0.5) is 0 Å². The third-order valence-corrected chi connectivity index (χ3v) is 5.37. The lowest BCUT2D eigenvalue weighted by Gasteiger charge is -2.35. The van der Waals surface area contributed by atoms with E-state index in [1.807, 2.05) is 23.1 Å². The number of carbonyl (C=O) groups is 2. The average molecular weight is 372 g/mol. The molecule has 2 aromatic rings. The van der Waals surface area contributed by atoms with E-state index in [-0.39, 0.29) is 11.8 Å². The van der Waals surface area contributed by atoms with Crippen LogP contribution in [0.5, 0.6) is 0 Å². The molecule has 1 aromatic carbocycles. The van der Waals surface area contributed by atoms with Crippen molar-refractivity contribution in [1.82, 2.24) is 20.1 Å². The Bertz CT molecular complexity index is 754. The number of hydrogen-bond acceptors (Lipinski definition) is 5. The van der Waals surface area contributed by atoms with Crippen molar-refractivity contribution in [2.24, 2.45) is 0 Å². The normalized spacial score (nSPS) is 16.3. The van der Waals surface area contributed by atoms with E-state index in [2.05, 4.69) is 27.7 Å². The highest BCUT2D eigenvalue weighted by Crippen LogP contribution is 2.24. The second-order valence-electron chi connectivity index (χ2n) is 6.53. The average Bonchev–Trinajstić information content (AvgIpc) is 3.10. The summed E-state index contributed by atoms with van der Waals surface area (Å²) in [6.45, 7) is 6.95. The van der Waals surface area contributed by atoms with E-state index in [0.29, 0.717) is 13.1 Å². The van der Waals surface area contributed by atoms with Gasteiger partial charge in [0.25, 0.3) is 0 Å². The fourth-order valence-electron chi connectivity index (χ4n) is 3.09. The van der Waals surface area contributed by atoms with Crippen molar-refractivity contribution >= 4 is 23.2 Å². The quantitative estimate of drug-likeness (QED) is 0.872. The van der Waals surface area contributed by atoms with Crippen molar-refractivity contribution < 1.29 is 9.59 Å². The maximum absolute atomic E-state index is 12.3. The van der Waals surface area contributed by atoms with Crippen LogP contribution in [-0.4, -0.2) is 58.8 Å². The molecule has 1 aliphatic heterocycles. The predicted molar refractivity (Wildman–Crippen MR) is 103 cm³/mol. The van der Waals surface area contributed by atoms with Gasteiger partial charge in [0.2, 0.25) is 11.8 Å². The van der Waals surface area contributed by atoms with Crippen LogP contribution in [-0.2, 0) is 16.1 Å². The van der Waals surface area contributed by atoms with Gasteiger partial charge < -0.3 is 10.2 Å². The maximum Gasteiger partial charge on any atom is 0.244 e. The summed E-state index contributed by atoms with van der Waals surface area (Å²) in [6, 6.07) is 9.73. The van der Waals surface area contributed by atoms with Crippen molar-refractivity contribution in [1.29, 1.82) is 0 Å². The van der Waals surface area contributed by atoms with Crippen molar-refractivity contribution in [2.45, 2.75) is 26.4 Å². The molecule has 1 aromatic heterocycles. The Hall–Kier alpha value is -2.25. The number of carbonyl (C=O) groups excluding carboxylic acids is 2. The van der Waals surface area contributed by atoms with Gasteiger partial charge >= 0.3 is 0 Å². The first kappa shape index (κ1) is 18.5. The van der Waals surface area contributed by atoms with Gasteiger partial charge in [-0.3, -0.25) is 14.5 Å². The highest BCUT2D eigenvalue weighted by atomic mass is 32.1. The van der Waals surface area contributed by atoms with Crippen LogP contribution in [0.3, 0.4) is 0 Å². The minimum Gasteiger partial charge on any atom is -0.345 e. The Morgan fingerprint density at radius 1 is 1.19 bits per heavy atom. The van der Waals surface area contributed by atoms with Gasteiger partial charge in [0, 0.05) is 50.6 Å². The summed E-state index contributed by atoms with van der Waals surface area (Å²) in [5, 5.41) is 5.81. The van der Waals surface area contributed by atoms with Crippen LogP contribution in [0.1, 0.15) is 19.5 Å². The van der Waals surface area contributed by atoms with Crippen molar-refractivity contribution in [3.8, 4) is 10.6 Å². The van der Waals surface area contributed by atoms with Gasteiger partial charge in [-0.1, -0.05) is 30.3 Å². The van der Waals surface area contributed by atoms with Gasteiger partial charge in [0.15, 0.2) is 0 Å². The van der Waals surface area contributed by atoms with E-state index < -0.39 is 6.04 Å². The summed E-state index contributed by atoms with van der Waals surface area (Å²) in [6.07, 6.45) is 0. The van der Waals surface area contributed by atoms with Crippen LogP contribution in [0.25, 0.3) is 10.6 Å². The predicted octanol–water partition coefficient (Wildman–Crippen LogP) is 1.98. The molecule has 138 valence electrons. The number of hydrogen-bond donors (Lipinski definition) is 1. The minimum absolute atomic E-state index is 0.0140. The zero-order valence-corrected chi connectivity index (χ0v) is 16.0. The molecule has 7 heteroatoms. The molecule has 1 saturated heterocycles. The molecule has 26 heavy (non-hydrogen) atoms. The topological polar surface area (TPSA) is 65.5 Å². The molecule has 1 fully saturated rings. The Morgan fingerprint density at radius 3 is 2.54 bits per heavy atom. The first-order valence-electron chi connectivity index (χ1n) is 8.81. The van der Waals surface area contributed by atoms with Crippen LogP contribution in [0.2, 0.25) is 0 Å². The number of amides is 2. The third-order valence-electron chi connectivity index (χ3n) is 4.43. The molecule has 1 N–H and O–H groups in total. The van der Waals surface area contributed by atoms with E-state index >= 15 is 0 Å². The van der Waals surface area contributed by atoms with Crippen LogP contribution < -0.4 is 5.32 Å². The lowest BCUT2D eigenvalue weighted by atomic mass is 10.2. The number of nitrogens with zero attached hydrogens (tertiary/aromatic N) is 3. The molecule has 1 unspecified atom stereocenters. The highest BCUT2D eigenvalue weighted by molar-refractivity contribution is 7.13. The van der Waals surface area contributed by atoms with E-state index in [9.17, 15) is 9.59 Å². The molecule has 0 radical (unpaired) electrons. The molecule has 2 amide bonds. The fraction of sp³-hybridized carbons (Fsp3) is 0.421. The van der Waals surface area contributed by atoms with E-state index in [1.54, 1.807) is 18.3 Å². The fourth-order valence-corrected chi connectivity index (χ4v) is 3.91. The second kappa shape index (κ2) is 8.42. The summed E-state index contributed by atoms with van der Waals surface area (Å²) in [5.41, 5.74) is 2.21. The highest BCUT2D eigenvalue weighted by Gasteiger charge is 2.25. The number of rotatable bonds is 5. The van der Waals surface area contributed by atoms with Crippen LogP contribution in [0.15, 0.2) is 35.7 Å². The standard InChI is InChI=1S/C19H24N4O2S/c1-14(20-15(2)24)19(25)23-10-8-22(9-11-23)12-17-13-26-18(21-17)16-6-4-3-5-7-16/h3-7,13-14H,8-12H2,1-2H3,(H,20,24). The SMILES string of the molecule is CC(=O)NC(C)C(=O)N1CCN(Cc2csc(-c3ccccc3)n2)CC1. The zero-order chi connectivity index (χ0) is 18.5. The molecule has 3 rings (SSSR count). The molecule has 0 spiro atoms. The molecule has 1 atom stereocenters. The summed E-state index contributed by atoms with van der Waals surface area (Å²) in [4.78, 5) is 32.3. The monoisotopic (exact) mass is 372 g/mol. The maximum atomic E-state index is 12.3. The lowest BCUT2D eigenvalue weighted by Crippen LogP contribution is -2.53. The Balaban J connectivity index is 1.51. The molecular weight excluding hydrogens is 348 g/mol. The molecule has 0 aliphatic carbocycles. The van der Waals surface area contributed by atoms with Gasteiger partial charge in [-0.15, -0.1) is 11.3 Å². The lowest BCUT2D eigenvalue weighted by molar-refractivity contribution is -0.137. The minimum atomic E-state index is -0.467. The second-order valence-corrected chi connectivity index (χ2v) is 7.39. The smallest absolute Gasteiger partial charge is 0.244 e. The Morgan fingerprint density at radius 2 is 1.88 bits per heavy atom. The molecule has 0 bridgehead atoms. The van der Waals surface area contributed by atoms with E-state index in [1.165, 1.54) is 6.92 Å². The summed E-state index contributed by atoms with van der Waals surface area (Å²) in [5.74, 6) is -0.192. The zero-order valence-electron chi connectivity index (χ0n) is 15.1. The van der Waals surface area contributed by atoms with Gasteiger partial charge in [0.1, 0.15) is 11.0 Å². The van der Waals surface area contributed by atoms with Crippen LogP contribution >= 0.6 is 11.3 Å². The number of piperazine rings is 1. The van der Waals surface area contributed by atoms with Gasteiger partial charge in [-0.05, 0) is 6.92 Å². The summed E-state index contributed by atoms with van der Waals surface area (Å²) in [7, 11) is 0. The summed E-state index contributed by atoms with van der Waals surface area (Å²) >= 11 is 1.66. The molecular formula is C19H24N4O2S. The Kier molecular flexibility index (Phi) is 6.00. The third kappa shape index (κ3) is 4.68. The van der Waals surface area contributed by atoms with E-state index in [4.69, 9.17) is 4.98 Å². The molecule has 2 heterocycles. The largest absolute Gasteiger partial charge is 0.345 e. The van der Waals surface area contributed by atoms with Gasteiger partial charge in [-0.2, -0.15) is 0 Å². The Labute approximate surface area is 157 Å². The number of nitrogens with one attached hydrogen (secondary N) is 1. The molecule has 1 aliphatic rings. The molecule has 0 saturated carbocycles. The number of benzene rings is 1. The molecule has 6 nitrogen and oxygen atoms in total. The van der Waals surface area contributed by atoms with Crippen LogP contribution in [0, 0.1) is 0 Å².